The molecule has 1 aliphatic heterocycles. The van der Waals surface area contributed by atoms with Crippen molar-refractivity contribution < 1.29 is 4.74 Å². The number of nitrogen functional groups attached to an aromatic ring is 1. The van der Waals surface area contributed by atoms with Gasteiger partial charge in [-0.15, -0.1) is 0 Å². The molecule has 0 bridgehead atoms. The zero-order chi connectivity index (χ0) is 14.8. The van der Waals surface area contributed by atoms with E-state index < -0.39 is 0 Å². The van der Waals surface area contributed by atoms with Crippen molar-refractivity contribution in [1.82, 2.24) is 9.88 Å². The summed E-state index contributed by atoms with van der Waals surface area (Å²) in [7, 11) is 1.66. The van der Waals surface area contributed by atoms with Gasteiger partial charge in [0.1, 0.15) is 11.6 Å². The van der Waals surface area contributed by atoms with Crippen LogP contribution in [0.3, 0.4) is 0 Å². The second kappa shape index (κ2) is 5.90. The number of rotatable bonds is 4. The largest absolute Gasteiger partial charge is 0.497 e. The second-order valence-corrected chi connectivity index (χ2v) is 5.89. The zero-order valence-corrected chi connectivity index (χ0v) is 12.8. The molecule has 0 radical (unpaired) electrons. The van der Waals surface area contributed by atoms with E-state index in [9.17, 15) is 0 Å². The van der Waals surface area contributed by atoms with E-state index in [1.54, 1.807) is 7.11 Å². The Kier molecular flexibility index (Phi) is 3.97. The van der Waals surface area contributed by atoms with Crippen molar-refractivity contribution in [1.29, 1.82) is 0 Å². The topological polar surface area (TPSA) is 51.4 Å². The molecule has 1 aromatic heterocycles. The summed E-state index contributed by atoms with van der Waals surface area (Å²) in [5.41, 5.74) is 8.17. The maximum Gasteiger partial charge on any atom is 0.128 e. The summed E-state index contributed by atoms with van der Waals surface area (Å²) in [6, 6.07) is 8.10. The lowest BCUT2D eigenvalue weighted by atomic mass is 10.1. The Hall–Kier alpha value is -1.81. The van der Waals surface area contributed by atoms with E-state index >= 15 is 0 Å². The van der Waals surface area contributed by atoms with Crippen LogP contribution in [0, 0.1) is 5.92 Å². The van der Waals surface area contributed by atoms with Crippen LogP contribution in [0.1, 0.15) is 25.3 Å². The monoisotopic (exact) mass is 285 g/mol. The number of benzene rings is 1. The highest BCUT2D eigenvalue weighted by molar-refractivity contribution is 5.82. The maximum absolute atomic E-state index is 6.14. The molecule has 4 heteroatoms. The van der Waals surface area contributed by atoms with Crippen molar-refractivity contribution in [3.05, 3.63) is 29.8 Å². The fourth-order valence-electron chi connectivity index (χ4n) is 3.09. The third kappa shape index (κ3) is 2.95. The second-order valence-electron chi connectivity index (χ2n) is 5.89. The summed E-state index contributed by atoms with van der Waals surface area (Å²) in [5.74, 6) is 2.28. The number of likely N-dealkylation sites (tertiary alicyclic amines) is 1. The van der Waals surface area contributed by atoms with Crippen molar-refractivity contribution in [2.75, 3.05) is 25.9 Å². The van der Waals surface area contributed by atoms with E-state index in [-0.39, 0.29) is 0 Å². The molecule has 2 aromatic rings. The van der Waals surface area contributed by atoms with Crippen LogP contribution < -0.4 is 10.5 Å². The van der Waals surface area contributed by atoms with Gasteiger partial charge in [-0.3, -0.25) is 4.90 Å². The molecule has 4 nitrogen and oxygen atoms in total. The van der Waals surface area contributed by atoms with Crippen LogP contribution in [-0.4, -0.2) is 30.1 Å². The number of anilines is 1. The molecule has 1 aromatic carbocycles. The van der Waals surface area contributed by atoms with Gasteiger partial charge in [-0.1, -0.05) is 13.3 Å². The summed E-state index contributed by atoms with van der Waals surface area (Å²) >= 11 is 0. The molecule has 112 valence electrons. The van der Waals surface area contributed by atoms with E-state index in [0.29, 0.717) is 5.82 Å². The minimum Gasteiger partial charge on any atom is -0.497 e. The normalized spacial score (nSPS) is 19.2. The van der Waals surface area contributed by atoms with Crippen molar-refractivity contribution in [2.45, 2.75) is 26.3 Å². The number of fused-ring (bicyclic) bond motifs is 1. The van der Waals surface area contributed by atoms with E-state index in [2.05, 4.69) is 22.9 Å². The Morgan fingerprint density at radius 1 is 1.38 bits per heavy atom. The minimum absolute atomic E-state index is 0.635. The SMILES string of the molecule is CCC1CCN(Cc2cc3ccc(OC)cc3nc2N)C1. The van der Waals surface area contributed by atoms with E-state index in [1.807, 2.05) is 18.2 Å². The fourth-order valence-corrected chi connectivity index (χ4v) is 3.09. The van der Waals surface area contributed by atoms with Gasteiger partial charge in [0, 0.05) is 30.1 Å². The summed E-state index contributed by atoms with van der Waals surface area (Å²) in [6.07, 6.45) is 2.57. The highest BCUT2D eigenvalue weighted by Gasteiger charge is 2.21. The fraction of sp³-hybridized carbons (Fsp3) is 0.471. The number of methoxy groups -OCH3 is 1. The van der Waals surface area contributed by atoms with Crippen LogP contribution in [0.5, 0.6) is 5.75 Å². The van der Waals surface area contributed by atoms with Crippen molar-refractivity contribution >= 4 is 16.7 Å². The van der Waals surface area contributed by atoms with Crippen molar-refractivity contribution in [3.63, 3.8) is 0 Å². The quantitative estimate of drug-likeness (QED) is 0.938. The van der Waals surface area contributed by atoms with E-state index in [0.717, 1.165) is 34.7 Å². The number of hydrogen-bond donors (Lipinski definition) is 1. The lowest BCUT2D eigenvalue weighted by molar-refractivity contribution is 0.315. The van der Waals surface area contributed by atoms with Crippen molar-refractivity contribution in [2.24, 2.45) is 5.92 Å². The predicted molar refractivity (Wildman–Crippen MR) is 86.4 cm³/mol. The maximum atomic E-state index is 6.14. The van der Waals surface area contributed by atoms with Gasteiger partial charge in [0.25, 0.3) is 0 Å². The first-order chi connectivity index (χ1) is 10.2. The molecular weight excluding hydrogens is 262 g/mol. The van der Waals surface area contributed by atoms with Gasteiger partial charge in [-0.2, -0.15) is 0 Å². The third-order valence-electron chi connectivity index (χ3n) is 4.48. The van der Waals surface area contributed by atoms with Gasteiger partial charge in [0.05, 0.1) is 12.6 Å². The molecule has 2 N–H and O–H groups in total. The molecule has 1 unspecified atom stereocenters. The molecule has 3 rings (SSSR count). The molecule has 0 spiro atoms. The van der Waals surface area contributed by atoms with E-state index in [1.165, 1.54) is 25.9 Å². The molecule has 1 aliphatic rings. The minimum atomic E-state index is 0.635. The lowest BCUT2D eigenvalue weighted by Crippen LogP contribution is -2.21. The molecule has 1 atom stereocenters. The smallest absolute Gasteiger partial charge is 0.128 e. The van der Waals surface area contributed by atoms with Gasteiger partial charge in [-0.05, 0) is 37.1 Å². The van der Waals surface area contributed by atoms with Crippen LogP contribution in [0.2, 0.25) is 0 Å². The van der Waals surface area contributed by atoms with Gasteiger partial charge in [0.15, 0.2) is 0 Å². The molecule has 1 saturated heterocycles. The molecule has 0 amide bonds. The van der Waals surface area contributed by atoms with Crippen LogP contribution in [0.25, 0.3) is 10.9 Å². The molecule has 1 fully saturated rings. The van der Waals surface area contributed by atoms with E-state index in [4.69, 9.17) is 10.5 Å². The third-order valence-corrected chi connectivity index (χ3v) is 4.48. The molecular formula is C17H23N3O. The summed E-state index contributed by atoms with van der Waals surface area (Å²) in [5, 5.41) is 1.12. The summed E-state index contributed by atoms with van der Waals surface area (Å²) in [6.45, 7) is 5.51. The van der Waals surface area contributed by atoms with Gasteiger partial charge in [-0.25, -0.2) is 4.98 Å². The number of hydrogen-bond acceptors (Lipinski definition) is 4. The highest BCUT2D eigenvalue weighted by atomic mass is 16.5. The Morgan fingerprint density at radius 2 is 2.24 bits per heavy atom. The van der Waals surface area contributed by atoms with Gasteiger partial charge < -0.3 is 10.5 Å². The molecule has 0 aliphatic carbocycles. The first-order valence-electron chi connectivity index (χ1n) is 7.65. The van der Waals surface area contributed by atoms with Crippen LogP contribution >= 0.6 is 0 Å². The average molecular weight is 285 g/mol. The number of nitrogens with two attached hydrogens (primary N) is 1. The van der Waals surface area contributed by atoms with Crippen LogP contribution in [-0.2, 0) is 6.54 Å². The summed E-state index contributed by atoms with van der Waals surface area (Å²) in [4.78, 5) is 7.02. The Bertz CT molecular complexity index is 641. The highest BCUT2D eigenvalue weighted by Crippen LogP contribution is 2.26. The molecule has 0 saturated carbocycles. The first-order valence-corrected chi connectivity index (χ1v) is 7.65. The van der Waals surface area contributed by atoms with Crippen LogP contribution in [0.15, 0.2) is 24.3 Å². The molecule has 21 heavy (non-hydrogen) atoms. The Morgan fingerprint density at radius 3 is 2.95 bits per heavy atom. The lowest BCUT2D eigenvalue weighted by Gasteiger charge is -2.17. The molecule has 2 heterocycles. The number of aromatic nitrogens is 1. The number of nitrogens with zero attached hydrogens (tertiary/aromatic N) is 2. The standard InChI is InChI=1S/C17H23N3O/c1-3-12-6-7-20(10-12)11-14-8-13-4-5-15(21-2)9-16(13)19-17(14)18/h4-5,8-9,12H,3,6-7,10-11H2,1-2H3,(H2,18,19). The van der Waals surface area contributed by atoms with Crippen LogP contribution in [0.4, 0.5) is 5.82 Å². The predicted octanol–water partition coefficient (Wildman–Crippen LogP) is 3.06. The number of pyridine rings is 1. The number of ether oxygens (including phenoxy) is 1. The van der Waals surface area contributed by atoms with Crippen molar-refractivity contribution in [3.8, 4) is 5.75 Å². The van der Waals surface area contributed by atoms with Gasteiger partial charge >= 0.3 is 0 Å². The Labute approximate surface area is 125 Å². The first kappa shape index (κ1) is 14.1. The summed E-state index contributed by atoms with van der Waals surface area (Å²) < 4.78 is 5.24. The Balaban J connectivity index is 1.84. The van der Waals surface area contributed by atoms with Gasteiger partial charge in [0.2, 0.25) is 0 Å². The average Bonchev–Trinajstić information content (AvgIpc) is 2.95. The zero-order valence-electron chi connectivity index (χ0n) is 12.8.